The zero-order chi connectivity index (χ0) is 18.5. The van der Waals surface area contributed by atoms with Gasteiger partial charge >= 0.3 is 0 Å². The van der Waals surface area contributed by atoms with Crippen molar-refractivity contribution < 1.29 is 4.79 Å². The number of hydrogen-bond acceptors (Lipinski definition) is 2. The van der Waals surface area contributed by atoms with Gasteiger partial charge in [-0.25, -0.2) is 0 Å². The van der Waals surface area contributed by atoms with Crippen LogP contribution in [0, 0.1) is 0 Å². The Hall–Kier alpha value is -1.45. The highest BCUT2D eigenvalue weighted by molar-refractivity contribution is 8.00. The van der Waals surface area contributed by atoms with Crippen LogP contribution in [0.25, 0.3) is 0 Å². The van der Waals surface area contributed by atoms with E-state index in [0.717, 1.165) is 17.7 Å². The van der Waals surface area contributed by atoms with Gasteiger partial charge in [0, 0.05) is 9.92 Å². The summed E-state index contributed by atoms with van der Waals surface area (Å²) in [5.41, 5.74) is 4.17. The lowest BCUT2D eigenvalue weighted by molar-refractivity contribution is -0.121. The average molecular weight is 388 g/mol. The van der Waals surface area contributed by atoms with Gasteiger partial charge in [0.15, 0.2) is 0 Å². The number of amides is 1. The molecule has 2 aromatic rings. The second kappa shape index (κ2) is 8.96. The van der Waals surface area contributed by atoms with E-state index in [9.17, 15) is 4.79 Å². The first-order valence-corrected chi connectivity index (χ1v) is 10.7. The van der Waals surface area contributed by atoms with E-state index >= 15 is 0 Å². The summed E-state index contributed by atoms with van der Waals surface area (Å²) in [5.74, 6) is 0.0783. The zero-order valence-electron chi connectivity index (χ0n) is 15.4. The molecular weight excluding hydrogens is 362 g/mol. The SMILES string of the molecule is CCC(NC(=O)C(C)Sc1ccc(Cl)cc1)c1ccc2c(c1)CCCC2. The van der Waals surface area contributed by atoms with E-state index in [2.05, 4.69) is 30.4 Å². The number of thioether (sulfide) groups is 1. The molecule has 2 unspecified atom stereocenters. The Kier molecular flexibility index (Phi) is 6.66. The molecule has 0 saturated heterocycles. The van der Waals surface area contributed by atoms with Gasteiger partial charge in [-0.1, -0.05) is 36.7 Å². The molecular formula is C22H26ClNOS. The second-order valence-corrected chi connectivity index (χ2v) is 8.77. The first-order valence-electron chi connectivity index (χ1n) is 9.41. The molecule has 0 heterocycles. The molecule has 0 radical (unpaired) electrons. The van der Waals surface area contributed by atoms with Gasteiger partial charge in [0.1, 0.15) is 0 Å². The van der Waals surface area contributed by atoms with E-state index in [0.29, 0.717) is 5.02 Å². The van der Waals surface area contributed by atoms with Gasteiger partial charge in [-0.15, -0.1) is 11.8 Å². The predicted octanol–water partition coefficient (Wildman–Crippen LogP) is 5.97. The van der Waals surface area contributed by atoms with Gasteiger partial charge in [0.25, 0.3) is 0 Å². The third kappa shape index (κ3) is 4.83. The Morgan fingerprint density at radius 3 is 2.50 bits per heavy atom. The topological polar surface area (TPSA) is 29.1 Å². The zero-order valence-corrected chi connectivity index (χ0v) is 17.0. The normalized spacial score (nSPS) is 15.8. The molecule has 0 aromatic heterocycles. The molecule has 1 aliphatic carbocycles. The minimum Gasteiger partial charge on any atom is -0.348 e. The largest absolute Gasteiger partial charge is 0.348 e. The highest BCUT2D eigenvalue weighted by atomic mass is 35.5. The van der Waals surface area contributed by atoms with E-state index in [4.69, 9.17) is 11.6 Å². The number of benzene rings is 2. The summed E-state index contributed by atoms with van der Waals surface area (Å²) in [5, 5.41) is 3.80. The van der Waals surface area contributed by atoms with Crippen molar-refractivity contribution in [2.24, 2.45) is 0 Å². The summed E-state index contributed by atoms with van der Waals surface area (Å²) < 4.78 is 0. The minimum absolute atomic E-state index is 0.0722. The molecule has 0 saturated carbocycles. The van der Waals surface area contributed by atoms with Crippen molar-refractivity contribution >= 4 is 29.3 Å². The van der Waals surface area contributed by atoms with Crippen molar-refractivity contribution in [3.63, 3.8) is 0 Å². The molecule has 2 atom stereocenters. The molecule has 1 N–H and O–H groups in total. The Morgan fingerprint density at radius 2 is 1.81 bits per heavy atom. The summed E-state index contributed by atoms with van der Waals surface area (Å²) >= 11 is 7.49. The number of aryl methyl sites for hydroxylation is 2. The van der Waals surface area contributed by atoms with Crippen LogP contribution in [0.3, 0.4) is 0 Å². The number of carbonyl (C=O) groups is 1. The Balaban J connectivity index is 1.65. The van der Waals surface area contributed by atoms with Crippen molar-refractivity contribution in [3.8, 4) is 0 Å². The third-order valence-corrected chi connectivity index (χ3v) is 6.36. The Morgan fingerprint density at radius 1 is 1.12 bits per heavy atom. The number of nitrogens with one attached hydrogen (secondary N) is 1. The van der Waals surface area contributed by atoms with Crippen LogP contribution in [0.1, 0.15) is 55.8 Å². The van der Waals surface area contributed by atoms with Crippen LogP contribution in [0.15, 0.2) is 47.4 Å². The lowest BCUT2D eigenvalue weighted by Crippen LogP contribution is -2.34. The summed E-state index contributed by atoms with van der Waals surface area (Å²) in [7, 11) is 0. The minimum atomic E-state index is -0.150. The molecule has 2 aromatic carbocycles. The van der Waals surface area contributed by atoms with Crippen LogP contribution in [0.5, 0.6) is 0 Å². The summed E-state index contributed by atoms with van der Waals surface area (Å²) in [6, 6.07) is 14.4. The molecule has 0 bridgehead atoms. The van der Waals surface area contributed by atoms with Crippen LogP contribution in [0.4, 0.5) is 0 Å². The lowest BCUT2D eigenvalue weighted by atomic mass is 9.89. The van der Waals surface area contributed by atoms with Gasteiger partial charge in [-0.2, -0.15) is 0 Å². The molecule has 3 rings (SSSR count). The molecule has 4 heteroatoms. The first kappa shape index (κ1) is 19.3. The number of fused-ring (bicyclic) bond motifs is 1. The highest BCUT2D eigenvalue weighted by Crippen LogP contribution is 2.28. The van der Waals surface area contributed by atoms with Crippen molar-refractivity contribution in [2.75, 3.05) is 0 Å². The van der Waals surface area contributed by atoms with Gasteiger partial charge in [0.2, 0.25) is 5.91 Å². The number of carbonyl (C=O) groups excluding carboxylic acids is 1. The quantitative estimate of drug-likeness (QED) is 0.619. The molecule has 26 heavy (non-hydrogen) atoms. The van der Waals surface area contributed by atoms with Crippen molar-refractivity contribution in [1.29, 1.82) is 0 Å². The number of hydrogen-bond donors (Lipinski definition) is 1. The predicted molar refractivity (Wildman–Crippen MR) is 111 cm³/mol. The van der Waals surface area contributed by atoms with Crippen molar-refractivity contribution in [1.82, 2.24) is 5.32 Å². The van der Waals surface area contributed by atoms with Gasteiger partial charge in [0.05, 0.1) is 11.3 Å². The summed E-state index contributed by atoms with van der Waals surface area (Å²) in [4.78, 5) is 13.7. The molecule has 2 nitrogen and oxygen atoms in total. The van der Waals surface area contributed by atoms with E-state index in [-0.39, 0.29) is 17.2 Å². The van der Waals surface area contributed by atoms with Crippen LogP contribution in [-0.2, 0) is 17.6 Å². The van der Waals surface area contributed by atoms with Gasteiger partial charge in [-0.3, -0.25) is 4.79 Å². The third-order valence-electron chi connectivity index (χ3n) is 5.00. The maximum atomic E-state index is 12.7. The van der Waals surface area contributed by atoms with Crippen molar-refractivity contribution in [2.45, 2.75) is 62.1 Å². The van der Waals surface area contributed by atoms with Gasteiger partial charge < -0.3 is 5.32 Å². The highest BCUT2D eigenvalue weighted by Gasteiger charge is 2.20. The van der Waals surface area contributed by atoms with E-state index in [1.807, 2.05) is 31.2 Å². The summed E-state index contributed by atoms with van der Waals surface area (Å²) in [6.07, 6.45) is 5.81. The fraction of sp³-hybridized carbons (Fsp3) is 0.409. The molecule has 0 spiro atoms. The van der Waals surface area contributed by atoms with Gasteiger partial charge in [-0.05, 0) is 80.0 Å². The van der Waals surface area contributed by atoms with Crippen LogP contribution in [0.2, 0.25) is 5.02 Å². The van der Waals surface area contributed by atoms with Crippen LogP contribution in [-0.4, -0.2) is 11.2 Å². The van der Waals surface area contributed by atoms with E-state index in [1.165, 1.54) is 36.0 Å². The monoisotopic (exact) mass is 387 g/mol. The first-order chi connectivity index (χ1) is 12.6. The van der Waals surface area contributed by atoms with Crippen LogP contribution >= 0.6 is 23.4 Å². The molecule has 0 fully saturated rings. The molecule has 0 aliphatic heterocycles. The van der Waals surface area contributed by atoms with E-state index in [1.54, 1.807) is 11.8 Å². The second-order valence-electron chi connectivity index (χ2n) is 6.92. The molecule has 138 valence electrons. The van der Waals surface area contributed by atoms with Crippen molar-refractivity contribution in [3.05, 3.63) is 64.2 Å². The maximum Gasteiger partial charge on any atom is 0.233 e. The maximum absolute atomic E-state index is 12.7. The van der Waals surface area contributed by atoms with E-state index < -0.39 is 0 Å². The lowest BCUT2D eigenvalue weighted by Gasteiger charge is -2.23. The smallest absolute Gasteiger partial charge is 0.233 e. The molecule has 1 amide bonds. The Labute approximate surface area is 165 Å². The summed E-state index contributed by atoms with van der Waals surface area (Å²) in [6.45, 7) is 4.08. The fourth-order valence-corrected chi connectivity index (χ4v) is 4.45. The fourth-order valence-electron chi connectivity index (χ4n) is 3.45. The molecule has 1 aliphatic rings. The Bertz CT molecular complexity index is 759. The van der Waals surface area contributed by atoms with Crippen LogP contribution < -0.4 is 5.32 Å². The average Bonchev–Trinajstić information content (AvgIpc) is 2.67. The number of halogens is 1. The number of rotatable bonds is 6. The standard InChI is InChI=1S/C22H26ClNOS/c1-3-21(18-9-8-16-6-4-5-7-17(16)14-18)24-22(25)15(2)26-20-12-10-19(23)11-13-20/h8-15,21H,3-7H2,1-2H3,(H,24,25).